The normalized spacial score (nSPS) is 15.9. The number of aliphatic imine (C=N–C) groups is 1. The Morgan fingerprint density at radius 1 is 1.40 bits per heavy atom. The van der Waals surface area contributed by atoms with E-state index in [1.165, 1.54) is 11.3 Å². The lowest BCUT2D eigenvalue weighted by molar-refractivity contribution is 0.633. The predicted molar refractivity (Wildman–Crippen MR) is 82.8 cm³/mol. The molecule has 5 heteroatoms. The van der Waals surface area contributed by atoms with Gasteiger partial charge in [-0.05, 0) is 33.6 Å². The Labute approximate surface area is 121 Å². The second-order valence-corrected chi connectivity index (χ2v) is 5.25. The van der Waals surface area contributed by atoms with Gasteiger partial charge in [-0.1, -0.05) is 12.2 Å². The molecule has 0 radical (unpaired) electrons. The Morgan fingerprint density at radius 3 is 2.65 bits per heavy atom. The minimum atomic E-state index is 0.476. The SMILES string of the molecule is CCNC(=NCc1c(C)nn(C)c1C)NC1CC=CC1. The third kappa shape index (κ3) is 3.40. The van der Waals surface area contributed by atoms with Gasteiger partial charge in [0.1, 0.15) is 0 Å². The number of hydrogen-bond acceptors (Lipinski definition) is 2. The Bertz CT molecular complexity index is 505. The van der Waals surface area contributed by atoms with E-state index >= 15 is 0 Å². The van der Waals surface area contributed by atoms with Gasteiger partial charge in [0.05, 0.1) is 12.2 Å². The van der Waals surface area contributed by atoms with Gasteiger partial charge in [-0.2, -0.15) is 5.10 Å². The van der Waals surface area contributed by atoms with Crippen molar-refractivity contribution in [2.24, 2.45) is 12.0 Å². The largest absolute Gasteiger partial charge is 0.357 e. The second kappa shape index (κ2) is 6.59. The number of guanidine groups is 1. The summed E-state index contributed by atoms with van der Waals surface area (Å²) in [4.78, 5) is 4.70. The van der Waals surface area contributed by atoms with Crippen molar-refractivity contribution in [3.05, 3.63) is 29.1 Å². The number of rotatable bonds is 4. The lowest BCUT2D eigenvalue weighted by atomic mass is 10.2. The fourth-order valence-corrected chi connectivity index (χ4v) is 2.45. The smallest absolute Gasteiger partial charge is 0.191 e. The minimum absolute atomic E-state index is 0.476. The molecule has 0 aromatic carbocycles. The van der Waals surface area contributed by atoms with Gasteiger partial charge in [0.2, 0.25) is 0 Å². The van der Waals surface area contributed by atoms with Gasteiger partial charge in [0, 0.05) is 30.9 Å². The summed E-state index contributed by atoms with van der Waals surface area (Å²) in [5, 5.41) is 11.2. The average Bonchev–Trinajstić information content (AvgIpc) is 2.98. The third-order valence-corrected chi connectivity index (χ3v) is 3.75. The first kappa shape index (κ1) is 14.6. The molecule has 110 valence electrons. The highest BCUT2D eigenvalue weighted by molar-refractivity contribution is 5.80. The molecule has 0 spiro atoms. The Balaban J connectivity index is 2.04. The maximum atomic E-state index is 4.70. The van der Waals surface area contributed by atoms with Crippen LogP contribution in [0.2, 0.25) is 0 Å². The Kier molecular flexibility index (Phi) is 4.82. The topological polar surface area (TPSA) is 54.2 Å². The molecule has 1 aromatic heterocycles. The minimum Gasteiger partial charge on any atom is -0.357 e. The Hall–Kier alpha value is -1.78. The van der Waals surface area contributed by atoms with Crippen LogP contribution in [0.3, 0.4) is 0 Å². The Morgan fingerprint density at radius 2 is 2.10 bits per heavy atom. The van der Waals surface area contributed by atoms with Crippen LogP contribution >= 0.6 is 0 Å². The number of aryl methyl sites for hydroxylation is 2. The van der Waals surface area contributed by atoms with Crippen molar-refractivity contribution in [1.29, 1.82) is 0 Å². The highest BCUT2D eigenvalue weighted by Crippen LogP contribution is 2.13. The van der Waals surface area contributed by atoms with Crippen molar-refractivity contribution in [1.82, 2.24) is 20.4 Å². The van der Waals surface area contributed by atoms with Gasteiger partial charge in [0.15, 0.2) is 5.96 Å². The lowest BCUT2D eigenvalue weighted by Crippen LogP contribution is -2.42. The van der Waals surface area contributed by atoms with Gasteiger partial charge in [-0.3, -0.25) is 4.68 Å². The first-order valence-corrected chi connectivity index (χ1v) is 7.30. The summed E-state index contributed by atoms with van der Waals surface area (Å²) >= 11 is 0. The molecule has 1 aliphatic rings. The van der Waals surface area contributed by atoms with Crippen LogP contribution in [0.5, 0.6) is 0 Å². The van der Waals surface area contributed by atoms with Crippen LogP contribution in [-0.2, 0) is 13.6 Å². The second-order valence-electron chi connectivity index (χ2n) is 5.25. The number of nitrogens with zero attached hydrogens (tertiary/aromatic N) is 3. The van der Waals surface area contributed by atoms with E-state index < -0.39 is 0 Å². The summed E-state index contributed by atoms with van der Waals surface area (Å²) in [6, 6.07) is 0.476. The summed E-state index contributed by atoms with van der Waals surface area (Å²) in [7, 11) is 1.98. The van der Waals surface area contributed by atoms with Crippen molar-refractivity contribution >= 4 is 5.96 Å². The highest BCUT2D eigenvalue weighted by Gasteiger charge is 2.13. The van der Waals surface area contributed by atoms with Gasteiger partial charge < -0.3 is 10.6 Å². The number of nitrogens with one attached hydrogen (secondary N) is 2. The molecule has 2 rings (SSSR count). The molecule has 1 aromatic rings. The molecule has 1 aliphatic carbocycles. The van der Waals surface area contributed by atoms with Crippen molar-refractivity contribution in [2.45, 2.75) is 46.2 Å². The fraction of sp³-hybridized carbons (Fsp3) is 0.600. The molecule has 5 nitrogen and oxygen atoms in total. The zero-order valence-corrected chi connectivity index (χ0v) is 12.9. The summed E-state index contributed by atoms with van der Waals surface area (Å²) < 4.78 is 1.92. The molecule has 20 heavy (non-hydrogen) atoms. The van der Waals surface area contributed by atoms with E-state index in [0.29, 0.717) is 12.6 Å². The van der Waals surface area contributed by atoms with E-state index in [1.54, 1.807) is 0 Å². The van der Waals surface area contributed by atoms with Crippen LogP contribution in [0.15, 0.2) is 17.1 Å². The van der Waals surface area contributed by atoms with E-state index in [2.05, 4.69) is 41.7 Å². The van der Waals surface area contributed by atoms with Crippen molar-refractivity contribution < 1.29 is 0 Å². The average molecular weight is 275 g/mol. The molecule has 0 saturated carbocycles. The fourth-order valence-electron chi connectivity index (χ4n) is 2.45. The number of aromatic nitrogens is 2. The maximum Gasteiger partial charge on any atom is 0.191 e. The first-order chi connectivity index (χ1) is 9.61. The molecule has 1 heterocycles. The van der Waals surface area contributed by atoms with Gasteiger partial charge in [-0.15, -0.1) is 0 Å². The molecule has 0 aliphatic heterocycles. The van der Waals surface area contributed by atoms with Crippen LogP contribution in [0, 0.1) is 13.8 Å². The standard InChI is InChI=1S/C15H25N5/c1-5-16-15(18-13-8-6-7-9-13)17-10-14-11(2)19-20(4)12(14)3/h6-7,13H,5,8-10H2,1-4H3,(H2,16,17,18). The first-order valence-electron chi connectivity index (χ1n) is 7.30. The summed E-state index contributed by atoms with van der Waals surface area (Å²) in [5.74, 6) is 0.892. The summed E-state index contributed by atoms with van der Waals surface area (Å²) in [6.07, 6.45) is 6.60. The van der Waals surface area contributed by atoms with Crippen LogP contribution in [0.4, 0.5) is 0 Å². The van der Waals surface area contributed by atoms with Crippen molar-refractivity contribution in [3.63, 3.8) is 0 Å². The third-order valence-electron chi connectivity index (χ3n) is 3.75. The predicted octanol–water partition coefficient (Wildman–Crippen LogP) is 1.81. The van der Waals surface area contributed by atoms with Crippen LogP contribution in [0.25, 0.3) is 0 Å². The van der Waals surface area contributed by atoms with Crippen LogP contribution in [0.1, 0.15) is 36.7 Å². The van der Waals surface area contributed by atoms with Gasteiger partial charge in [0.25, 0.3) is 0 Å². The molecular weight excluding hydrogens is 250 g/mol. The van der Waals surface area contributed by atoms with E-state index in [0.717, 1.165) is 31.0 Å². The molecule has 0 unspecified atom stereocenters. The molecule has 0 fully saturated rings. The lowest BCUT2D eigenvalue weighted by Gasteiger charge is -2.16. The molecule has 0 saturated heterocycles. The maximum absolute atomic E-state index is 4.70. The van der Waals surface area contributed by atoms with Crippen LogP contribution < -0.4 is 10.6 Å². The summed E-state index contributed by atoms with van der Waals surface area (Å²) in [6.45, 7) is 7.76. The monoisotopic (exact) mass is 275 g/mol. The zero-order valence-electron chi connectivity index (χ0n) is 12.9. The quantitative estimate of drug-likeness (QED) is 0.500. The van der Waals surface area contributed by atoms with E-state index in [-0.39, 0.29) is 0 Å². The molecular formula is C15H25N5. The number of hydrogen-bond donors (Lipinski definition) is 2. The molecule has 0 bridgehead atoms. The molecule has 0 atom stereocenters. The molecule has 0 amide bonds. The van der Waals surface area contributed by atoms with Crippen LogP contribution in [-0.4, -0.2) is 28.3 Å². The van der Waals surface area contributed by atoms with E-state index in [4.69, 9.17) is 4.99 Å². The highest BCUT2D eigenvalue weighted by atomic mass is 15.3. The van der Waals surface area contributed by atoms with Gasteiger partial charge in [-0.25, -0.2) is 4.99 Å². The van der Waals surface area contributed by atoms with E-state index in [9.17, 15) is 0 Å². The zero-order chi connectivity index (χ0) is 14.5. The summed E-state index contributed by atoms with van der Waals surface area (Å²) in [5.41, 5.74) is 3.46. The van der Waals surface area contributed by atoms with E-state index in [1.807, 2.05) is 18.7 Å². The van der Waals surface area contributed by atoms with Gasteiger partial charge >= 0.3 is 0 Å². The van der Waals surface area contributed by atoms with Crippen molar-refractivity contribution in [3.8, 4) is 0 Å². The van der Waals surface area contributed by atoms with Crippen molar-refractivity contribution in [2.75, 3.05) is 6.54 Å². The molecule has 2 N–H and O–H groups in total.